The van der Waals surface area contributed by atoms with Crippen LogP contribution in [0.2, 0.25) is 0 Å². The molecule has 0 radical (unpaired) electrons. The molecular formula is C21H26N2O3S2. The largest absolute Gasteiger partial charge is 0.293 e. The molecule has 1 aromatic heterocycles. The van der Waals surface area contributed by atoms with Crippen LogP contribution in [-0.4, -0.2) is 42.3 Å². The van der Waals surface area contributed by atoms with Crippen LogP contribution >= 0.6 is 11.8 Å². The van der Waals surface area contributed by atoms with Gasteiger partial charge in [-0.3, -0.25) is 4.79 Å². The predicted octanol–water partition coefficient (Wildman–Crippen LogP) is 4.18. The molecule has 1 aromatic carbocycles. The van der Waals surface area contributed by atoms with Gasteiger partial charge in [0.15, 0.2) is 5.78 Å². The quantitative estimate of drug-likeness (QED) is 0.475. The van der Waals surface area contributed by atoms with Crippen molar-refractivity contribution in [3.05, 3.63) is 53.7 Å². The van der Waals surface area contributed by atoms with Gasteiger partial charge in [-0.1, -0.05) is 55.8 Å². The van der Waals surface area contributed by atoms with E-state index in [1.165, 1.54) is 27.8 Å². The predicted molar refractivity (Wildman–Crippen MR) is 112 cm³/mol. The molecule has 7 heteroatoms. The Morgan fingerprint density at radius 3 is 2.39 bits per heavy atom. The molecular weight excluding hydrogens is 392 g/mol. The van der Waals surface area contributed by atoms with E-state index in [4.69, 9.17) is 0 Å². The first kappa shape index (κ1) is 21.0. The second-order valence-corrected chi connectivity index (χ2v) is 9.89. The molecule has 2 aromatic rings. The fourth-order valence-electron chi connectivity index (χ4n) is 3.23. The van der Waals surface area contributed by atoms with E-state index in [2.05, 4.69) is 11.9 Å². The second-order valence-electron chi connectivity index (χ2n) is 6.96. The van der Waals surface area contributed by atoms with E-state index in [0.717, 1.165) is 32.1 Å². The van der Waals surface area contributed by atoms with E-state index in [0.29, 0.717) is 23.7 Å². The van der Waals surface area contributed by atoms with Gasteiger partial charge in [-0.05, 0) is 37.0 Å². The van der Waals surface area contributed by atoms with Gasteiger partial charge < -0.3 is 0 Å². The van der Waals surface area contributed by atoms with Crippen LogP contribution in [0.5, 0.6) is 0 Å². The van der Waals surface area contributed by atoms with Crippen molar-refractivity contribution in [2.75, 3.05) is 18.8 Å². The molecule has 5 nitrogen and oxygen atoms in total. The maximum absolute atomic E-state index is 12.6. The van der Waals surface area contributed by atoms with Crippen molar-refractivity contribution in [2.24, 2.45) is 0 Å². The van der Waals surface area contributed by atoms with Gasteiger partial charge >= 0.3 is 0 Å². The van der Waals surface area contributed by atoms with Crippen LogP contribution in [0.25, 0.3) is 0 Å². The van der Waals surface area contributed by atoms with E-state index >= 15 is 0 Å². The Morgan fingerprint density at radius 2 is 1.79 bits per heavy atom. The van der Waals surface area contributed by atoms with Gasteiger partial charge in [0, 0.05) is 24.8 Å². The zero-order valence-corrected chi connectivity index (χ0v) is 17.8. The molecule has 0 amide bonds. The van der Waals surface area contributed by atoms with Gasteiger partial charge in [0.05, 0.1) is 10.8 Å². The Hall–Kier alpha value is -1.70. The molecule has 3 rings (SSSR count). The van der Waals surface area contributed by atoms with Crippen LogP contribution in [0.1, 0.15) is 48.5 Å². The Morgan fingerprint density at radius 1 is 1.07 bits per heavy atom. The summed E-state index contributed by atoms with van der Waals surface area (Å²) >= 11 is 1.32. The first-order chi connectivity index (χ1) is 13.5. The molecule has 0 N–H and O–H groups in total. The maximum Gasteiger partial charge on any atom is 0.244 e. The highest BCUT2D eigenvalue weighted by molar-refractivity contribution is 7.99. The molecule has 1 saturated heterocycles. The van der Waals surface area contributed by atoms with Gasteiger partial charge in [0.2, 0.25) is 10.0 Å². The van der Waals surface area contributed by atoms with Gasteiger partial charge in [-0.15, -0.1) is 0 Å². The standard InChI is InChI=1S/C21H26N2O3S2/c1-2-6-17-7-9-18(10-8-17)20(24)16-27-21-12-11-19(15-22-21)28(25,26)23-13-4-3-5-14-23/h7-12,15H,2-6,13-14,16H2,1H3. The van der Waals surface area contributed by atoms with Crippen molar-refractivity contribution in [1.29, 1.82) is 0 Å². The monoisotopic (exact) mass is 418 g/mol. The first-order valence-corrected chi connectivity index (χ1v) is 12.1. The highest BCUT2D eigenvalue weighted by Gasteiger charge is 2.26. The number of rotatable bonds is 8. The number of sulfonamides is 1. The first-order valence-electron chi connectivity index (χ1n) is 9.72. The van der Waals surface area contributed by atoms with Gasteiger partial charge in [0.1, 0.15) is 4.90 Å². The molecule has 1 aliphatic rings. The van der Waals surface area contributed by atoms with Crippen molar-refractivity contribution >= 4 is 27.6 Å². The molecule has 0 aliphatic carbocycles. The normalized spacial score (nSPS) is 15.5. The fourth-order valence-corrected chi connectivity index (χ4v) is 5.43. The number of benzene rings is 1. The van der Waals surface area contributed by atoms with Gasteiger partial charge in [-0.2, -0.15) is 4.31 Å². The van der Waals surface area contributed by atoms with E-state index in [9.17, 15) is 13.2 Å². The number of Topliss-reactive ketones (excluding diaryl/α,β-unsaturated/α-hetero) is 1. The number of carbonyl (C=O) groups excluding carboxylic acids is 1. The Kier molecular flexibility index (Phi) is 7.26. The summed E-state index contributed by atoms with van der Waals surface area (Å²) in [6.07, 6.45) is 6.38. The van der Waals surface area contributed by atoms with Gasteiger partial charge in [-0.25, -0.2) is 13.4 Å². The summed E-state index contributed by atoms with van der Waals surface area (Å²) in [5, 5.41) is 0.647. The highest BCUT2D eigenvalue weighted by Crippen LogP contribution is 2.23. The van der Waals surface area contributed by atoms with Crippen molar-refractivity contribution in [3.8, 4) is 0 Å². The lowest BCUT2D eigenvalue weighted by molar-refractivity contribution is 0.102. The maximum atomic E-state index is 12.6. The van der Waals surface area contributed by atoms with Crippen molar-refractivity contribution < 1.29 is 13.2 Å². The fraction of sp³-hybridized carbons (Fsp3) is 0.429. The number of thioether (sulfide) groups is 1. The Balaban J connectivity index is 1.58. The minimum absolute atomic E-state index is 0.0415. The number of hydrogen-bond donors (Lipinski definition) is 0. The minimum Gasteiger partial charge on any atom is -0.293 e. The third kappa shape index (κ3) is 5.21. The summed E-state index contributed by atoms with van der Waals surface area (Å²) in [5.41, 5.74) is 1.93. The van der Waals surface area contributed by atoms with E-state index < -0.39 is 10.0 Å². The highest BCUT2D eigenvalue weighted by atomic mass is 32.2. The number of carbonyl (C=O) groups is 1. The van der Waals surface area contributed by atoms with Crippen molar-refractivity contribution in [1.82, 2.24) is 9.29 Å². The molecule has 0 atom stereocenters. The molecule has 0 spiro atoms. The number of piperidine rings is 1. The third-order valence-electron chi connectivity index (χ3n) is 4.83. The summed E-state index contributed by atoms with van der Waals surface area (Å²) in [6.45, 7) is 3.28. The summed E-state index contributed by atoms with van der Waals surface area (Å²) in [5.74, 6) is 0.318. The molecule has 150 valence electrons. The number of hydrogen-bond acceptors (Lipinski definition) is 5. The zero-order valence-electron chi connectivity index (χ0n) is 16.1. The van der Waals surface area contributed by atoms with Crippen LogP contribution in [-0.2, 0) is 16.4 Å². The topological polar surface area (TPSA) is 67.3 Å². The summed E-state index contributed by atoms with van der Waals surface area (Å²) in [6, 6.07) is 11.0. The number of aryl methyl sites for hydroxylation is 1. The van der Waals surface area contributed by atoms with Crippen LogP contribution in [0.3, 0.4) is 0 Å². The molecule has 2 heterocycles. The summed E-state index contributed by atoms with van der Waals surface area (Å²) in [7, 11) is -3.47. The molecule has 0 bridgehead atoms. The molecule has 28 heavy (non-hydrogen) atoms. The second kappa shape index (κ2) is 9.67. The number of pyridine rings is 1. The van der Waals surface area contributed by atoms with E-state index in [1.54, 1.807) is 12.1 Å². The Labute approximate surface area is 171 Å². The summed E-state index contributed by atoms with van der Waals surface area (Å²) < 4.78 is 26.8. The lowest BCUT2D eigenvalue weighted by Gasteiger charge is -2.25. The Bertz CT molecular complexity index is 888. The number of nitrogens with zero attached hydrogens (tertiary/aromatic N) is 2. The zero-order chi connectivity index (χ0) is 20.0. The van der Waals surface area contributed by atoms with Crippen molar-refractivity contribution in [3.63, 3.8) is 0 Å². The van der Waals surface area contributed by atoms with Crippen LogP contribution < -0.4 is 0 Å². The summed E-state index contributed by atoms with van der Waals surface area (Å²) in [4.78, 5) is 16.8. The average molecular weight is 419 g/mol. The van der Waals surface area contributed by atoms with Crippen LogP contribution in [0.15, 0.2) is 52.5 Å². The van der Waals surface area contributed by atoms with Gasteiger partial charge in [0.25, 0.3) is 0 Å². The lowest BCUT2D eigenvalue weighted by Crippen LogP contribution is -2.35. The number of aromatic nitrogens is 1. The molecule has 1 aliphatic heterocycles. The smallest absolute Gasteiger partial charge is 0.244 e. The van der Waals surface area contributed by atoms with Crippen molar-refractivity contribution in [2.45, 2.75) is 48.9 Å². The SMILES string of the molecule is CCCc1ccc(C(=O)CSc2ccc(S(=O)(=O)N3CCCCC3)cn2)cc1. The molecule has 0 unspecified atom stereocenters. The van der Waals surface area contributed by atoms with Crippen LogP contribution in [0.4, 0.5) is 0 Å². The average Bonchev–Trinajstić information content (AvgIpc) is 2.74. The van der Waals surface area contributed by atoms with Crippen LogP contribution in [0, 0.1) is 0 Å². The lowest BCUT2D eigenvalue weighted by atomic mass is 10.1. The molecule has 0 saturated carbocycles. The minimum atomic E-state index is -3.47. The van der Waals surface area contributed by atoms with E-state index in [1.807, 2.05) is 24.3 Å². The third-order valence-corrected chi connectivity index (χ3v) is 7.65. The molecule has 1 fully saturated rings. The van der Waals surface area contributed by atoms with E-state index in [-0.39, 0.29) is 16.4 Å². The number of ketones is 1.